The molecule has 0 spiro atoms. The number of halogens is 1. The fourth-order valence-corrected chi connectivity index (χ4v) is 1.35. The maximum Gasteiger partial charge on any atom is 0.227 e. The third-order valence-corrected chi connectivity index (χ3v) is 3.13. The molecular formula is C13H15ClN2O. The molecule has 0 aliphatic heterocycles. The Bertz CT molecular complexity index is 449. The monoisotopic (exact) mass is 250 g/mol. The molecule has 0 saturated carbocycles. The van der Waals surface area contributed by atoms with Crippen LogP contribution in [0.15, 0.2) is 24.3 Å². The van der Waals surface area contributed by atoms with Crippen LogP contribution in [-0.4, -0.2) is 11.8 Å². The van der Waals surface area contributed by atoms with E-state index in [1.165, 1.54) is 0 Å². The number of nitrogens with one attached hydrogen (secondary N) is 1. The molecule has 90 valence electrons. The van der Waals surface area contributed by atoms with Gasteiger partial charge in [-0.25, -0.2) is 0 Å². The van der Waals surface area contributed by atoms with E-state index in [0.29, 0.717) is 12.1 Å². The number of alkyl halides is 1. The second-order valence-corrected chi connectivity index (χ2v) is 4.78. The van der Waals surface area contributed by atoms with E-state index in [2.05, 4.69) is 11.4 Å². The summed E-state index contributed by atoms with van der Waals surface area (Å²) >= 11 is 5.71. The lowest BCUT2D eigenvalue weighted by atomic mass is 9.95. The van der Waals surface area contributed by atoms with Crippen molar-refractivity contribution in [2.24, 2.45) is 5.41 Å². The molecule has 0 atom stereocenters. The van der Waals surface area contributed by atoms with Crippen LogP contribution in [-0.2, 0) is 11.3 Å². The molecule has 0 bridgehead atoms. The van der Waals surface area contributed by atoms with E-state index in [0.717, 1.165) is 5.56 Å². The zero-order valence-corrected chi connectivity index (χ0v) is 10.7. The summed E-state index contributed by atoms with van der Waals surface area (Å²) in [6.45, 7) is 4.00. The van der Waals surface area contributed by atoms with Gasteiger partial charge in [0.2, 0.25) is 5.91 Å². The quantitative estimate of drug-likeness (QED) is 0.835. The Morgan fingerprint density at radius 3 is 2.82 bits per heavy atom. The minimum absolute atomic E-state index is 0.0881. The number of hydrogen-bond acceptors (Lipinski definition) is 2. The molecule has 0 aliphatic carbocycles. The van der Waals surface area contributed by atoms with Crippen molar-refractivity contribution in [3.63, 3.8) is 0 Å². The Morgan fingerprint density at radius 1 is 1.53 bits per heavy atom. The number of nitriles is 1. The molecule has 1 amide bonds. The predicted octanol–water partition coefficient (Wildman–Crippen LogP) is 2.44. The van der Waals surface area contributed by atoms with Crippen LogP contribution in [0.25, 0.3) is 0 Å². The molecule has 0 fully saturated rings. The van der Waals surface area contributed by atoms with Crippen molar-refractivity contribution in [2.75, 3.05) is 5.88 Å². The van der Waals surface area contributed by atoms with Crippen LogP contribution in [0.4, 0.5) is 0 Å². The van der Waals surface area contributed by atoms with Crippen LogP contribution < -0.4 is 5.32 Å². The van der Waals surface area contributed by atoms with Crippen molar-refractivity contribution >= 4 is 17.5 Å². The Balaban J connectivity index is 2.62. The Kier molecular flexibility index (Phi) is 4.53. The molecule has 17 heavy (non-hydrogen) atoms. The molecule has 0 aliphatic rings. The van der Waals surface area contributed by atoms with Crippen molar-refractivity contribution < 1.29 is 4.79 Å². The van der Waals surface area contributed by atoms with Crippen molar-refractivity contribution in [2.45, 2.75) is 20.4 Å². The first kappa shape index (κ1) is 13.5. The highest BCUT2D eigenvalue weighted by molar-refractivity contribution is 6.19. The Labute approximate surface area is 106 Å². The maximum atomic E-state index is 11.8. The lowest BCUT2D eigenvalue weighted by molar-refractivity contribution is -0.128. The summed E-state index contributed by atoms with van der Waals surface area (Å²) in [5, 5.41) is 11.6. The number of carbonyl (C=O) groups is 1. The second kappa shape index (κ2) is 5.70. The molecular weight excluding hydrogens is 236 g/mol. The van der Waals surface area contributed by atoms with Gasteiger partial charge in [0, 0.05) is 12.4 Å². The summed E-state index contributed by atoms with van der Waals surface area (Å²) in [7, 11) is 0. The van der Waals surface area contributed by atoms with E-state index in [-0.39, 0.29) is 11.8 Å². The number of rotatable bonds is 4. The summed E-state index contributed by atoms with van der Waals surface area (Å²) in [6, 6.07) is 9.22. The normalized spacial score (nSPS) is 10.7. The third kappa shape index (κ3) is 3.76. The summed E-state index contributed by atoms with van der Waals surface area (Å²) in [5.41, 5.74) is 0.921. The number of amides is 1. The van der Waals surface area contributed by atoms with Gasteiger partial charge in [0.1, 0.15) is 0 Å². The van der Waals surface area contributed by atoms with Gasteiger partial charge in [-0.05, 0) is 31.5 Å². The third-order valence-electron chi connectivity index (χ3n) is 2.46. The molecule has 1 aromatic carbocycles. The summed E-state index contributed by atoms with van der Waals surface area (Å²) in [6.07, 6.45) is 0. The van der Waals surface area contributed by atoms with E-state index >= 15 is 0 Å². The van der Waals surface area contributed by atoms with Gasteiger partial charge < -0.3 is 5.32 Å². The van der Waals surface area contributed by atoms with Gasteiger partial charge in [-0.15, -0.1) is 11.6 Å². The van der Waals surface area contributed by atoms with E-state index in [1.54, 1.807) is 32.0 Å². The minimum Gasteiger partial charge on any atom is -0.352 e. The van der Waals surface area contributed by atoms with Gasteiger partial charge in [-0.1, -0.05) is 12.1 Å². The standard InChI is InChI=1S/C13H15ClN2O/c1-13(2,9-14)12(17)16-8-11-5-3-4-10(6-11)7-15/h3-6H,8-9H2,1-2H3,(H,16,17). The molecule has 0 unspecified atom stereocenters. The van der Waals surface area contributed by atoms with Crippen molar-refractivity contribution in [1.82, 2.24) is 5.32 Å². The van der Waals surface area contributed by atoms with E-state index in [4.69, 9.17) is 16.9 Å². The van der Waals surface area contributed by atoms with Crippen molar-refractivity contribution in [1.29, 1.82) is 5.26 Å². The highest BCUT2D eigenvalue weighted by Gasteiger charge is 2.25. The maximum absolute atomic E-state index is 11.8. The summed E-state index contributed by atoms with van der Waals surface area (Å²) in [4.78, 5) is 11.8. The zero-order valence-electron chi connectivity index (χ0n) is 9.96. The minimum atomic E-state index is -0.575. The van der Waals surface area contributed by atoms with Gasteiger partial charge in [0.05, 0.1) is 17.0 Å². The average Bonchev–Trinajstić information content (AvgIpc) is 2.36. The smallest absolute Gasteiger partial charge is 0.227 e. The highest BCUT2D eigenvalue weighted by Crippen LogP contribution is 2.17. The fourth-order valence-electron chi connectivity index (χ4n) is 1.23. The topological polar surface area (TPSA) is 52.9 Å². The van der Waals surface area contributed by atoms with Crippen molar-refractivity contribution in [3.8, 4) is 6.07 Å². The molecule has 0 radical (unpaired) electrons. The van der Waals surface area contributed by atoms with E-state index < -0.39 is 5.41 Å². The average molecular weight is 251 g/mol. The van der Waals surface area contributed by atoms with Crippen LogP contribution in [0.3, 0.4) is 0 Å². The molecule has 0 heterocycles. The van der Waals surface area contributed by atoms with Crippen LogP contribution in [0.5, 0.6) is 0 Å². The Hall–Kier alpha value is -1.53. The fraction of sp³-hybridized carbons (Fsp3) is 0.385. The number of nitrogens with zero attached hydrogens (tertiary/aromatic N) is 1. The predicted molar refractivity (Wildman–Crippen MR) is 67.5 cm³/mol. The number of carbonyl (C=O) groups excluding carboxylic acids is 1. The molecule has 4 heteroatoms. The largest absolute Gasteiger partial charge is 0.352 e. The summed E-state index contributed by atoms with van der Waals surface area (Å²) < 4.78 is 0. The molecule has 1 aromatic rings. The zero-order chi connectivity index (χ0) is 12.9. The van der Waals surface area contributed by atoms with Crippen LogP contribution in [0, 0.1) is 16.7 Å². The first-order valence-corrected chi connectivity index (χ1v) is 5.86. The van der Waals surface area contributed by atoms with Gasteiger partial charge in [-0.2, -0.15) is 5.26 Å². The van der Waals surface area contributed by atoms with Crippen LogP contribution in [0.2, 0.25) is 0 Å². The van der Waals surface area contributed by atoms with Gasteiger partial charge in [0.15, 0.2) is 0 Å². The lowest BCUT2D eigenvalue weighted by Gasteiger charge is -2.20. The number of benzene rings is 1. The molecule has 3 nitrogen and oxygen atoms in total. The van der Waals surface area contributed by atoms with Crippen LogP contribution in [0.1, 0.15) is 25.0 Å². The summed E-state index contributed by atoms with van der Waals surface area (Å²) in [5.74, 6) is 0.187. The molecule has 0 saturated heterocycles. The second-order valence-electron chi connectivity index (χ2n) is 4.51. The van der Waals surface area contributed by atoms with Gasteiger partial charge in [0.25, 0.3) is 0 Å². The number of hydrogen-bond donors (Lipinski definition) is 1. The highest BCUT2D eigenvalue weighted by atomic mass is 35.5. The Morgan fingerprint density at radius 2 is 2.24 bits per heavy atom. The molecule has 1 N–H and O–H groups in total. The van der Waals surface area contributed by atoms with E-state index in [1.807, 2.05) is 6.07 Å². The SMILES string of the molecule is CC(C)(CCl)C(=O)NCc1cccc(C#N)c1. The first-order valence-electron chi connectivity index (χ1n) is 5.33. The van der Waals surface area contributed by atoms with Crippen molar-refractivity contribution in [3.05, 3.63) is 35.4 Å². The van der Waals surface area contributed by atoms with E-state index in [9.17, 15) is 4.79 Å². The molecule has 0 aromatic heterocycles. The van der Waals surface area contributed by atoms with Gasteiger partial charge in [-0.3, -0.25) is 4.79 Å². The van der Waals surface area contributed by atoms with Gasteiger partial charge >= 0.3 is 0 Å². The van der Waals surface area contributed by atoms with Crippen LogP contribution >= 0.6 is 11.6 Å². The molecule has 1 rings (SSSR count). The lowest BCUT2D eigenvalue weighted by Crippen LogP contribution is -2.37. The first-order chi connectivity index (χ1) is 7.99.